The highest BCUT2D eigenvalue weighted by molar-refractivity contribution is 5.85. The Balaban J connectivity index is 1.66. The monoisotopic (exact) mass is 331 g/mol. The number of fused-ring (bicyclic) bond motifs is 1. The zero-order chi connectivity index (χ0) is 17.3. The fraction of sp³-hybridized carbons (Fsp3) is 0.375. The number of non-ortho nitro benzene ring substituents is 1. The van der Waals surface area contributed by atoms with Crippen LogP contribution in [0, 0.1) is 16.0 Å². The van der Waals surface area contributed by atoms with Gasteiger partial charge in [-0.25, -0.2) is 0 Å². The second kappa shape index (κ2) is 6.31. The summed E-state index contributed by atoms with van der Waals surface area (Å²) in [6.07, 6.45) is 3.42. The van der Waals surface area contributed by atoms with Crippen LogP contribution in [0.3, 0.4) is 0 Å². The number of aliphatic carboxylic acids is 1. The summed E-state index contributed by atoms with van der Waals surface area (Å²) >= 11 is 0. The number of nitro benzene ring substituents is 1. The number of nitro groups is 1. The van der Waals surface area contributed by atoms with Crippen molar-refractivity contribution in [1.82, 2.24) is 9.88 Å². The molecule has 0 radical (unpaired) electrons. The van der Waals surface area contributed by atoms with Gasteiger partial charge in [-0.1, -0.05) is 0 Å². The highest BCUT2D eigenvalue weighted by atomic mass is 16.6. The number of benzene rings is 1. The third-order valence-electron chi connectivity index (χ3n) is 4.43. The zero-order valence-corrected chi connectivity index (χ0v) is 12.8. The molecule has 2 aromatic rings. The lowest BCUT2D eigenvalue weighted by Gasteiger charge is -2.13. The van der Waals surface area contributed by atoms with Gasteiger partial charge < -0.3 is 15.0 Å². The number of hydrogen-bond acceptors (Lipinski definition) is 4. The number of aromatic nitrogens is 1. The standard InChI is InChI=1S/C16H17N3O5/c20-15(17-12-2-1-11(7-12)16(21)22)9-18-6-5-10-8-13(19(23)24)3-4-14(10)18/h3-6,8,11-12H,1-2,7,9H2,(H,17,20)(H,21,22)/t11-,12+/m1/s1. The average Bonchev–Trinajstić information content (AvgIpc) is 3.14. The van der Waals surface area contributed by atoms with Crippen molar-refractivity contribution in [2.24, 2.45) is 5.92 Å². The smallest absolute Gasteiger partial charge is 0.306 e. The van der Waals surface area contributed by atoms with Crippen molar-refractivity contribution in [3.8, 4) is 0 Å². The number of hydrogen-bond donors (Lipinski definition) is 2. The molecule has 0 aliphatic heterocycles. The van der Waals surface area contributed by atoms with Crippen molar-refractivity contribution in [2.45, 2.75) is 31.8 Å². The molecule has 3 rings (SSSR count). The second-order valence-corrected chi connectivity index (χ2v) is 6.06. The molecule has 1 saturated carbocycles. The first-order chi connectivity index (χ1) is 11.4. The van der Waals surface area contributed by atoms with Crippen molar-refractivity contribution >= 4 is 28.5 Å². The quantitative estimate of drug-likeness (QED) is 0.641. The molecular formula is C16H17N3O5. The minimum atomic E-state index is -0.815. The fourth-order valence-electron chi connectivity index (χ4n) is 3.20. The van der Waals surface area contributed by atoms with E-state index in [-0.39, 0.29) is 30.1 Å². The van der Waals surface area contributed by atoms with E-state index < -0.39 is 10.9 Å². The molecule has 1 fully saturated rings. The van der Waals surface area contributed by atoms with Gasteiger partial charge in [0.15, 0.2) is 0 Å². The maximum Gasteiger partial charge on any atom is 0.306 e. The highest BCUT2D eigenvalue weighted by Gasteiger charge is 2.30. The molecule has 126 valence electrons. The lowest BCUT2D eigenvalue weighted by molar-refractivity contribution is -0.384. The Kier molecular flexibility index (Phi) is 4.20. The SMILES string of the molecule is O=C(Cn1ccc2cc([N+](=O)[O-])ccc21)N[C@H]1CC[C@@H](C(=O)O)C1. The normalized spacial score (nSPS) is 20.2. The fourth-order valence-corrected chi connectivity index (χ4v) is 3.20. The van der Waals surface area contributed by atoms with E-state index in [4.69, 9.17) is 5.11 Å². The Morgan fingerprint density at radius 3 is 2.79 bits per heavy atom. The van der Waals surface area contributed by atoms with Crippen LogP contribution in [0.25, 0.3) is 10.9 Å². The zero-order valence-electron chi connectivity index (χ0n) is 12.8. The third kappa shape index (κ3) is 3.22. The van der Waals surface area contributed by atoms with Crippen molar-refractivity contribution < 1.29 is 19.6 Å². The van der Waals surface area contributed by atoms with Crippen LogP contribution in [-0.2, 0) is 16.1 Å². The summed E-state index contributed by atoms with van der Waals surface area (Å²) in [6, 6.07) is 6.12. The number of carbonyl (C=O) groups is 2. The van der Waals surface area contributed by atoms with Crippen molar-refractivity contribution in [3.63, 3.8) is 0 Å². The first-order valence-electron chi connectivity index (χ1n) is 7.69. The Hall–Kier alpha value is -2.90. The molecule has 0 unspecified atom stereocenters. The number of nitrogens with zero attached hydrogens (tertiary/aromatic N) is 2. The van der Waals surface area contributed by atoms with Crippen molar-refractivity contribution in [1.29, 1.82) is 0 Å². The molecule has 1 aliphatic carbocycles. The van der Waals surface area contributed by atoms with Crippen LogP contribution >= 0.6 is 0 Å². The summed E-state index contributed by atoms with van der Waals surface area (Å²) in [5, 5.41) is 23.3. The van der Waals surface area contributed by atoms with Crippen LogP contribution in [0.2, 0.25) is 0 Å². The van der Waals surface area contributed by atoms with Gasteiger partial charge in [0.1, 0.15) is 6.54 Å². The van der Waals surface area contributed by atoms with Gasteiger partial charge in [-0.15, -0.1) is 0 Å². The topological polar surface area (TPSA) is 114 Å². The van der Waals surface area contributed by atoms with E-state index in [1.165, 1.54) is 12.1 Å². The molecule has 0 bridgehead atoms. The molecule has 1 heterocycles. The van der Waals surface area contributed by atoms with Crippen LogP contribution in [0.4, 0.5) is 5.69 Å². The summed E-state index contributed by atoms with van der Waals surface area (Å²) in [7, 11) is 0. The lowest BCUT2D eigenvalue weighted by Crippen LogP contribution is -2.35. The minimum absolute atomic E-state index is 0.00960. The van der Waals surface area contributed by atoms with Crippen LogP contribution in [0.1, 0.15) is 19.3 Å². The van der Waals surface area contributed by atoms with E-state index in [0.717, 1.165) is 5.52 Å². The van der Waals surface area contributed by atoms with E-state index in [9.17, 15) is 19.7 Å². The lowest BCUT2D eigenvalue weighted by atomic mass is 10.1. The number of carboxylic acids is 1. The van der Waals surface area contributed by atoms with E-state index in [2.05, 4.69) is 5.32 Å². The molecule has 1 aromatic heterocycles. The molecule has 2 atom stereocenters. The van der Waals surface area contributed by atoms with Gasteiger partial charge in [0, 0.05) is 35.3 Å². The van der Waals surface area contributed by atoms with E-state index >= 15 is 0 Å². The Labute approximate surface area is 137 Å². The van der Waals surface area contributed by atoms with Gasteiger partial charge in [-0.2, -0.15) is 0 Å². The molecule has 1 aromatic carbocycles. The molecule has 8 heteroatoms. The summed E-state index contributed by atoms with van der Waals surface area (Å²) < 4.78 is 1.72. The third-order valence-corrected chi connectivity index (χ3v) is 4.43. The van der Waals surface area contributed by atoms with Crippen LogP contribution in [0.15, 0.2) is 30.5 Å². The van der Waals surface area contributed by atoms with E-state index in [1.807, 2.05) is 0 Å². The molecule has 8 nitrogen and oxygen atoms in total. The number of nitrogens with one attached hydrogen (secondary N) is 1. The van der Waals surface area contributed by atoms with Crippen molar-refractivity contribution in [2.75, 3.05) is 0 Å². The molecule has 1 aliphatic rings. The van der Waals surface area contributed by atoms with Crippen molar-refractivity contribution in [3.05, 3.63) is 40.6 Å². The van der Waals surface area contributed by atoms with Gasteiger partial charge in [0.2, 0.25) is 5.91 Å². The van der Waals surface area contributed by atoms with Gasteiger partial charge >= 0.3 is 5.97 Å². The summed E-state index contributed by atoms with van der Waals surface area (Å²) in [5.74, 6) is -1.39. The molecule has 0 saturated heterocycles. The minimum Gasteiger partial charge on any atom is -0.481 e. The van der Waals surface area contributed by atoms with Gasteiger partial charge in [-0.05, 0) is 31.4 Å². The van der Waals surface area contributed by atoms with Crippen LogP contribution in [-0.4, -0.2) is 32.5 Å². The van der Waals surface area contributed by atoms with E-state index in [0.29, 0.717) is 24.6 Å². The Bertz CT molecular complexity index is 813. The maximum atomic E-state index is 12.2. The molecule has 1 amide bonds. The number of carboxylic acid groups (broad SMARTS) is 1. The van der Waals surface area contributed by atoms with Gasteiger partial charge in [-0.3, -0.25) is 19.7 Å². The first kappa shape index (κ1) is 16.0. The molecule has 0 spiro atoms. The number of amides is 1. The second-order valence-electron chi connectivity index (χ2n) is 6.06. The summed E-state index contributed by atoms with van der Waals surface area (Å²) in [5.41, 5.74) is 0.751. The Morgan fingerprint density at radius 1 is 1.33 bits per heavy atom. The number of rotatable bonds is 5. The van der Waals surface area contributed by atoms with Crippen LogP contribution < -0.4 is 5.32 Å². The summed E-state index contributed by atoms with van der Waals surface area (Å²) in [6.45, 7) is 0.0928. The van der Waals surface area contributed by atoms with E-state index in [1.54, 1.807) is 22.9 Å². The van der Waals surface area contributed by atoms with Crippen LogP contribution in [0.5, 0.6) is 0 Å². The summed E-state index contributed by atoms with van der Waals surface area (Å²) in [4.78, 5) is 33.5. The predicted molar refractivity (Wildman–Crippen MR) is 85.5 cm³/mol. The highest BCUT2D eigenvalue weighted by Crippen LogP contribution is 2.26. The molecular weight excluding hydrogens is 314 g/mol. The van der Waals surface area contributed by atoms with Gasteiger partial charge in [0.05, 0.1) is 10.8 Å². The van der Waals surface area contributed by atoms with Gasteiger partial charge in [0.25, 0.3) is 5.69 Å². The average molecular weight is 331 g/mol. The molecule has 2 N–H and O–H groups in total. The first-order valence-corrected chi connectivity index (χ1v) is 7.69. The maximum absolute atomic E-state index is 12.2. The largest absolute Gasteiger partial charge is 0.481 e. The predicted octanol–water partition coefficient (Wildman–Crippen LogP) is 1.92. The molecule has 24 heavy (non-hydrogen) atoms. The Morgan fingerprint density at radius 2 is 2.12 bits per heavy atom. The number of carbonyl (C=O) groups excluding carboxylic acids is 1.